The monoisotopic (exact) mass is 465 g/mol. The number of rotatable bonds is 5. The first-order chi connectivity index (χ1) is 17.0. The molecule has 0 saturated carbocycles. The number of ether oxygens (including phenoxy) is 1. The Bertz CT molecular complexity index is 1390. The molecule has 2 bridgehead atoms. The number of ketones is 1. The number of carbonyl (C=O) groups excluding carboxylic acids is 4. The molecule has 1 heterocycles. The largest absolute Gasteiger partial charge is 0.492 e. The van der Waals surface area contributed by atoms with E-state index in [1.807, 2.05) is 55.5 Å². The zero-order chi connectivity index (χ0) is 24.5. The lowest BCUT2D eigenvalue weighted by atomic mass is 9.48. The molecular weight excluding hydrogens is 442 g/mol. The third kappa shape index (κ3) is 2.59. The van der Waals surface area contributed by atoms with Crippen LogP contribution >= 0.6 is 0 Å². The predicted molar refractivity (Wildman–Crippen MR) is 129 cm³/mol. The maximum Gasteiger partial charge on any atom is 0.239 e. The van der Waals surface area contributed by atoms with E-state index in [4.69, 9.17) is 4.74 Å². The molecule has 3 aliphatic carbocycles. The van der Waals surface area contributed by atoms with Gasteiger partial charge in [-0.05, 0) is 54.3 Å². The molecule has 6 nitrogen and oxygen atoms in total. The van der Waals surface area contributed by atoms with Gasteiger partial charge in [0.1, 0.15) is 12.0 Å². The second kappa shape index (κ2) is 7.47. The van der Waals surface area contributed by atoms with Crippen molar-refractivity contribution in [3.8, 4) is 5.75 Å². The number of anilines is 1. The van der Waals surface area contributed by atoms with Gasteiger partial charge in [0, 0.05) is 11.5 Å². The van der Waals surface area contributed by atoms with E-state index in [2.05, 4.69) is 0 Å². The van der Waals surface area contributed by atoms with E-state index in [1.54, 1.807) is 12.1 Å². The SMILES string of the molecule is CCOc1ccc(C(C)=O)cc1N1C(=O)[C@@H]2C3c4ccccc4C(C=O)(c4ccccc43)[C@@H]2C1=O. The van der Waals surface area contributed by atoms with Crippen LogP contribution in [-0.2, 0) is 19.8 Å². The van der Waals surface area contributed by atoms with Crippen molar-refractivity contribution >= 4 is 29.6 Å². The number of aldehydes is 1. The van der Waals surface area contributed by atoms with Gasteiger partial charge < -0.3 is 9.53 Å². The summed E-state index contributed by atoms with van der Waals surface area (Å²) in [6.07, 6.45) is 0.849. The quantitative estimate of drug-likeness (QED) is 0.323. The van der Waals surface area contributed by atoms with E-state index in [-0.39, 0.29) is 23.3 Å². The molecule has 0 spiro atoms. The molecular formula is C29H23NO5. The van der Waals surface area contributed by atoms with Gasteiger partial charge in [0.15, 0.2) is 5.78 Å². The van der Waals surface area contributed by atoms with Crippen LogP contribution in [0.5, 0.6) is 5.75 Å². The van der Waals surface area contributed by atoms with E-state index in [0.29, 0.717) is 17.9 Å². The Hall–Kier alpha value is -4.06. The van der Waals surface area contributed by atoms with E-state index in [1.165, 1.54) is 13.0 Å². The highest BCUT2D eigenvalue weighted by Gasteiger charge is 2.68. The number of benzene rings is 3. The molecule has 174 valence electrons. The third-order valence-corrected chi connectivity index (χ3v) is 7.78. The first kappa shape index (κ1) is 21.5. The van der Waals surface area contributed by atoms with Crippen molar-refractivity contribution in [3.05, 3.63) is 94.5 Å². The van der Waals surface area contributed by atoms with Crippen LogP contribution in [0.15, 0.2) is 66.7 Å². The van der Waals surface area contributed by atoms with Gasteiger partial charge >= 0.3 is 0 Å². The van der Waals surface area contributed by atoms with Crippen molar-refractivity contribution in [1.29, 1.82) is 0 Å². The van der Waals surface area contributed by atoms with Gasteiger partial charge in [0.25, 0.3) is 0 Å². The topological polar surface area (TPSA) is 80.8 Å². The maximum absolute atomic E-state index is 14.2. The van der Waals surface area contributed by atoms with Gasteiger partial charge in [-0.1, -0.05) is 48.5 Å². The standard InChI is InChI=1S/C29H23NO5/c1-3-35-23-13-12-17(16(2)32)14-22(23)30-27(33)25-24-18-8-4-6-10-20(18)29(15-31,26(25)28(30)34)21-11-7-5-9-19(21)24/h4-15,24-26H,3H2,1-2H3/t24?,25-,26+,29?/m1/s1. The highest BCUT2D eigenvalue weighted by molar-refractivity contribution is 6.25. The molecule has 2 atom stereocenters. The number of nitrogens with zero attached hydrogens (tertiary/aromatic N) is 1. The summed E-state index contributed by atoms with van der Waals surface area (Å²) < 4.78 is 5.75. The van der Waals surface area contributed by atoms with Crippen molar-refractivity contribution in [2.45, 2.75) is 25.2 Å². The van der Waals surface area contributed by atoms with Crippen LogP contribution in [0.4, 0.5) is 5.69 Å². The molecule has 3 aromatic carbocycles. The molecule has 3 aromatic rings. The molecule has 6 heteroatoms. The first-order valence-corrected chi connectivity index (χ1v) is 11.8. The third-order valence-electron chi connectivity index (χ3n) is 7.78. The van der Waals surface area contributed by atoms with Gasteiger partial charge in [-0.3, -0.25) is 14.4 Å². The normalized spacial score (nSPS) is 25.7. The zero-order valence-electron chi connectivity index (χ0n) is 19.4. The molecule has 0 unspecified atom stereocenters. The number of hydrogen-bond acceptors (Lipinski definition) is 5. The second-order valence-electron chi connectivity index (χ2n) is 9.33. The molecule has 7 rings (SSSR count). The predicted octanol–water partition coefficient (Wildman–Crippen LogP) is 4.04. The Labute approximate surface area is 202 Å². The van der Waals surface area contributed by atoms with E-state index < -0.39 is 23.2 Å². The number of carbonyl (C=O) groups is 4. The van der Waals surface area contributed by atoms with E-state index >= 15 is 0 Å². The highest BCUT2D eigenvalue weighted by Crippen LogP contribution is 2.63. The summed E-state index contributed by atoms with van der Waals surface area (Å²) in [5.41, 5.74) is 2.74. The molecule has 35 heavy (non-hydrogen) atoms. The first-order valence-electron chi connectivity index (χ1n) is 11.8. The van der Waals surface area contributed by atoms with Crippen molar-refractivity contribution in [3.63, 3.8) is 0 Å². The van der Waals surface area contributed by atoms with Crippen LogP contribution in [-0.4, -0.2) is 30.5 Å². The summed E-state index contributed by atoms with van der Waals surface area (Å²) >= 11 is 0. The number of Topliss-reactive ketones (excluding diaryl/α,β-unsaturated/α-hetero) is 1. The lowest BCUT2D eigenvalue weighted by molar-refractivity contribution is -0.128. The molecule has 1 aliphatic heterocycles. The Kier molecular flexibility index (Phi) is 4.58. The molecule has 0 radical (unpaired) electrons. The molecule has 0 N–H and O–H groups in total. The van der Waals surface area contributed by atoms with Crippen LogP contribution in [0, 0.1) is 11.8 Å². The Morgan fingerprint density at radius 3 is 2.17 bits per heavy atom. The van der Waals surface area contributed by atoms with Gasteiger partial charge in [0.2, 0.25) is 11.8 Å². The fourth-order valence-corrected chi connectivity index (χ4v) is 6.46. The minimum Gasteiger partial charge on any atom is -0.492 e. The Balaban J connectivity index is 1.61. The van der Waals surface area contributed by atoms with Crippen LogP contribution in [0.3, 0.4) is 0 Å². The second-order valence-corrected chi connectivity index (χ2v) is 9.33. The highest BCUT2D eigenvalue weighted by atomic mass is 16.5. The van der Waals surface area contributed by atoms with Crippen molar-refractivity contribution in [2.75, 3.05) is 11.5 Å². The lowest BCUT2D eigenvalue weighted by Crippen LogP contribution is -2.54. The maximum atomic E-state index is 14.2. The van der Waals surface area contributed by atoms with Crippen molar-refractivity contribution in [2.24, 2.45) is 11.8 Å². The van der Waals surface area contributed by atoms with Crippen LogP contribution in [0.2, 0.25) is 0 Å². The summed E-state index contributed by atoms with van der Waals surface area (Å²) in [6, 6.07) is 20.0. The fourth-order valence-electron chi connectivity index (χ4n) is 6.46. The number of imide groups is 1. The average molecular weight is 466 g/mol. The average Bonchev–Trinajstić information content (AvgIpc) is 3.15. The summed E-state index contributed by atoms with van der Waals surface area (Å²) in [5.74, 6) is -2.60. The van der Waals surface area contributed by atoms with E-state index in [9.17, 15) is 19.2 Å². The molecule has 1 fully saturated rings. The van der Waals surface area contributed by atoms with E-state index in [0.717, 1.165) is 33.4 Å². The minimum absolute atomic E-state index is 0.185. The summed E-state index contributed by atoms with van der Waals surface area (Å²) in [5, 5.41) is 0. The molecule has 4 aliphatic rings. The van der Waals surface area contributed by atoms with Crippen molar-refractivity contribution in [1.82, 2.24) is 0 Å². The minimum atomic E-state index is -1.27. The molecule has 2 amide bonds. The number of hydrogen-bond donors (Lipinski definition) is 0. The van der Waals surface area contributed by atoms with Crippen LogP contribution in [0.25, 0.3) is 0 Å². The summed E-state index contributed by atoms with van der Waals surface area (Å²) in [7, 11) is 0. The fraction of sp³-hybridized carbons (Fsp3) is 0.241. The van der Waals surface area contributed by atoms with Gasteiger partial charge in [-0.2, -0.15) is 0 Å². The van der Waals surface area contributed by atoms with Crippen molar-refractivity contribution < 1.29 is 23.9 Å². The summed E-state index contributed by atoms with van der Waals surface area (Å²) in [6.45, 7) is 3.57. The lowest BCUT2D eigenvalue weighted by Gasteiger charge is -2.51. The van der Waals surface area contributed by atoms with Crippen LogP contribution in [0.1, 0.15) is 52.4 Å². The number of amides is 2. The Morgan fingerprint density at radius 1 is 0.971 bits per heavy atom. The Morgan fingerprint density at radius 2 is 1.60 bits per heavy atom. The van der Waals surface area contributed by atoms with Gasteiger partial charge in [-0.15, -0.1) is 0 Å². The molecule has 1 saturated heterocycles. The van der Waals surface area contributed by atoms with Gasteiger partial charge in [0.05, 0.1) is 29.5 Å². The molecule has 0 aromatic heterocycles. The van der Waals surface area contributed by atoms with Gasteiger partial charge in [-0.25, -0.2) is 4.90 Å². The summed E-state index contributed by atoms with van der Waals surface area (Å²) in [4.78, 5) is 54.6. The van der Waals surface area contributed by atoms with Crippen LogP contribution < -0.4 is 9.64 Å². The zero-order valence-corrected chi connectivity index (χ0v) is 19.4. The smallest absolute Gasteiger partial charge is 0.239 e.